The molecule has 0 aliphatic rings. The van der Waals surface area contributed by atoms with Crippen LogP contribution in [0.3, 0.4) is 0 Å². The highest BCUT2D eigenvalue weighted by atomic mass is 79.9. The molecule has 88 valence electrons. The van der Waals surface area contributed by atoms with Crippen LogP contribution in [0.5, 0.6) is 0 Å². The molecule has 0 fully saturated rings. The molecule has 2 aromatic rings. The maximum absolute atomic E-state index is 5.21. The summed E-state index contributed by atoms with van der Waals surface area (Å²) in [5.41, 5.74) is 3.32. The average molecular weight is 312 g/mol. The van der Waals surface area contributed by atoms with Crippen molar-refractivity contribution >= 4 is 33.5 Å². The minimum absolute atomic E-state index is 0.556. The summed E-state index contributed by atoms with van der Waals surface area (Å²) in [6.45, 7) is 0. The summed E-state index contributed by atoms with van der Waals surface area (Å²) in [5, 5.41) is 0.955. The van der Waals surface area contributed by atoms with E-state index in [1.54, 1.807) is 30.4 Å². The van der Waals surface area contributed by atoms with Crippen molar-refractivity contribution in [2.24, 2.45) is 5.84 Å². The van der Waals surface area contributed by atoms with Crippen molar-refractivity contribution in [1.82, 2.24) is 15.0 Å². The van der Waals surface area contributed by atoms with E-state index in [4.69, 9.17) is 5.84 Å². The SMILES string of the molecule is NNc1cnc(CSc2ccc(Br)cn2)cn1. The molecule has 0 saturated heterocycles. The van der Waals surface area contributed by atoms with Crippen LogP contribution in [-0.2, 0) is 5.75 Å². The summed E-state index contributed by atoms with van der Waals surface area (Å²) in [7, 11) is 0. The molecule has 0 saturated carbocycles. The summed E-state index contributed by atoms with van der Waals surface area (Å²) < 4.78 is 0.972. The van der Waals surface area contributed by atoms with Crippen LogP contribution in [-0.4, -0.2) is 15.0 Å². The Morgan fingerprint density at radius 1 is 1.18 bits per heavy atom. The van der Waals surface area contributed by atoms with E-state index in [1.165, 1.54) is 0 Å². The molecule has 0 spiro atoms. The van der Waals surface area contributed by atoms with Gasteiger partial charge in [0.25, 0.3) is 0 Å². The number of thioether (sulfide) groups is 1. The lowest BCUT2D eigenvalue weighted by Crippen LogP contribution is -2.08. The van der Waals surface area contributed by atoms with Gasteiger partial charge in [0.05, 0.1) is 23.1 Å². The molecule has 0 atom stereocenters. The molecule has 0 aliphatic heterocycles. The predicted molar refractivity (Wildman–Crippen MR) is 71.3 cm³/mol. The molecule has 17 heavy (non-hydrogen) atoms. The zero-order valence-electron chi connectivity index (χ0n) is 8.80. The summed E-state index contributed by atoms with van der Waals surface area (Å²) in [6.07, 6.45) is 5.07. The van der Waals surface area contributed by atoms with Gasteiger partial charge >= 0.3 is 0 Å². The van der Waals surface area contributed by atoms with Gasteiger partial charge in [-0.25, -0.2) is 15.8 Å². The maximum Gasteiger partial charge on any atom is 0.158 e. The summed E-state index contributed by atoms with van der Waals surface area (Å²) in [6, 6.07) is 3.92. The molecule has 2 heterocycles. The number of halogens is 1. The van der Waals surface area contributed by atoms with E-state index in [9.17, 15) is 0 Å². The van der Waals surface area contributed by atoms with E-state index in [0.29, 0.717) is 5.82 Å². The van der Waals surface area contributed by atoms with E-state index >= 15 is 0 Å². The third-order valence-electron chi connectivity index (χ3n) is 1.92. The van der Waals surface area contributed by atoms with Gasteiger partial charge < -0.3 is 5.43 Å². The fraction of sp³-hybridized carbons (Fsp3) is 0.100. The Labute approximate surface area is 111 Å². The highest BCUT2D eigenvalue weighted by Crippen LogP contribution is 2.20. The number of aromatic nitrogens is 3. The van der Waals surface area contributed by atoms with Gasteiger partial charge in [-0.15, -0.1) is 0 Å². The maximum atomic E-state index is 5.21. The first-order chi connectivity index (χ1) is 8.28. The Morgan fingerprint density at radius 2 is 2.06 bits per heavy atom. The van der Waals surface area contributed by atoms with Gasteiger partial charge in [0.2, 0.25) is 0 Å². The van der Waals surface area contributed by atoms with Crippen LogP contribution in [0.4, 0.5) is 5.82 Å². The van der Waals surface area contributed by atoms with Gasteiger partial charge in [0.1, 0.15) is 0 Å². The molecule has 0 amide bonds. The van der Waals surface area contributed by atoms with Crippen molar-refractivity contribution in [3.05, 3.63) is 40.9 Å². The Hall–Kier alpha value is -1.18. The zero-order valence-corrected chi connectivity index (χ0v) is 11.2. The van der Waals surface area contributed by atoms with E-state index < -0.39 is 0 Å². The van der Waals surface area contributed by atoms with E-state index in [0.717, 1.165) is 20.9 Å². The van der Waals surface area contributed by atoms with Crippen LogP contribution in [0, 0.1) is 0 Å². The zero-order chi connectivity index (χ0) is 12.1. The Morgan fingerprint density at radius 3 is 2.65 bits per heavy atom. The largest absolute Gasteiger partial charge is 0.307 e. The molecule has 0 aromatic carbocycles. The standard InChI is InChI=1S/C10H10BrN5S/c11-7-1-2-10(15-3-7)17-6-8-4-14-9(16-12)5-13-8/h1-5H,6,12H2,(H,14,16). The average Bonchev–Trinajstić information content (AvgIpc) is 2.39. The van der Waals surface area contributed by atoms with E-state index in [-0.39, 0.29) is 0 Å². The molecule has 5 nitrogen and oxygen atoms in total. The van der Waals surface area contributed by atoms with Crippen molar-refractivity contribution in [1.29, 1.82) is 0 Å². The van der Waals surface area contributed by atoms with Crippen molar-refractivity contribution in [3.63, 3.8) is 0 Å². The number of nitrogens with one attached hydrogen (secondary N) is 1. The third-order valence-corrected chi connectivity index (χ3v) is 3.37. The van der Waals surface area contributed by atoms with Crippen LogP contribution in [0.1, 0.15) is 5.69 Å². The molecule has 0 aliphatic carbocycles. The van der Waals surface area contributed by atoms with Gasteiger partial charge in [-0.3, -0.25) is 4.98 Å². The van der Waals surface area contributed by atoms with Gasteiger partial charge in [0.15, 0.2) is 5.82 Å². The van der Waals surface area contributed by atoms with Crippen LogP contribution >= 0.6 is 27.7 Å². The molecule has 0 radical (unpaired) electrons. The highest BCUT2D eigenvalue weighted by molar-refractivity contribution is 9.10. The number of nitrogens with two attached hydrogens (primary N) is 1. The summed E-state index contributed by atoms with van der Waals surface area (Å²) in [4.78, 5) is 12.6. The molecular weight excluding hydrogens is 302 g/mol. The van der Waals surface area contributed by atoms with Gasteiger partial charge in [-0.1, -0.05) is 11.8 Å². The quantitative estimate of drug-likeness (QED) is 0.512. The highest BCUT2D eigenvalue weighted by Gasteiger charge is 2.00. The fourth-order valence-corrected chi connectivity index (χ4v) is 2.07. The Bertz CT molecular complexity index is 473. The Kier molecular flexibility index (Phi) is 4.29. The number of hydrogen-bond acceptors (Lipinski definition) is 6. The van der Waals surface area contributed by atoms with Crippen LogP contribution < -0.4 is 11.3 Å². The summed E-state index contributed by atoms with van der Waals surface area (Å²) in [5.74, 6) is 6.49. The predicted octanol–water partition coefficient (Wildman–Crippen LogP) is 2.21. The molecule has 7 heteroatoms. The number of anilines is 1. The second kappa shape index (κ2) is 5.95. The third kappa shape index (κ3) is 3.65. The first kappa shape index (κ1) is 12.3. The van der Waals surface area contributed by atoms with Gasteiger partial charge in [-0.2, -0.15) is 0 Å². The molecular formula is C10H10BrN5S. The normalized spacial score (nSPS) is 10.2. The topological polar surface area (TPSA) is 76.7 Å². The second-order valence-corrected chi connectivity index (χ2v) is 5.05. The van der Waals surface area contributed by atoms with Crippen LogP contribution in [0.15, 0.2) is 40.2 Å². The number of rotatable bonds is 4. The van der Waals surface area contributed by atoms with E-state index in [2.05, 4.69) is 36.3 Å². The summed E-state index contributed by atoms with van der Waals surface area (Å²) >= 11 is 4.95. The number of nitrogens with zero attached hydrogens (tertiary/aromatic N) is 3. The fourth-order valence-electron chi connectivity index (χ4n) is 1.10. The van der Waals surface area contributed by atoms with Crippen molar-refractivity contribution < 1.29 is 0 Å². The first-order valence-corrected chi connectivity index (χ1v) is 6.57. The van der Waals surface area contributed by atoms with Crippen LogP contribution in [0.25, 0.3) is 0 Å². The van der Waals surface area contributed by atoms with E-state index in [1.807, 2.05) is 12.1 Å². The smallest absolute Gasteiger partial charge is 0.158 e. The monoisotopic (exact) mass is 311 g/mol. The van der Waals surface area contributed by atoms with Crippen molar-refractivity contribution in [3.8, 4) is 0 Å². The van der Waals surface area contributed by atoms with Gasteiger partial charge in [-0.05, 0) is 28.1 Å². The number of nitrogen functional groups attached to an aromatic ring is 1. The number of hydrogen-bond donors (Lipinski definition) is 2. The van der Waals surface area contributed by atoms with Gasteiger partial charge in [0, 0.05) is 16.4 Å². The number of hydrazine groups is 1. The second-order valence-electron chi connectivity index (χ2n) is 3.14. The minimum Gasteiger partial charge on any atom is -0.307 e. The first-order valence-electron chi connectivity index (χ1n) is 4.80. The lowest BCUT2D eigenvalue weighted by molar-refractivity contribution is 1.07. The molecule has 0 unspecified atom stereocenters. The molecule has 2 aromatic heterocycles. The molecule has 3 N–H and O–H groups in total. The Balaban J connectivity index is 1.95. The number of pyridine rings is 1. The van der Waals surface area contributed by atoms with Crippen LogP contribution in [0.2, 0.25) is 0 Å². The lowest BCUT2D eigenvalue weighted by atomic mass is 10.5. The molecule has 2 rings (SSSR count). The van der Waals surface area contributed by atoms with Crippen molar-refractivity contribution in [2.45, 2.75) is 10.8 Å². The lowest BCUT2D eigenvalue weighted by Gasteiger charge is -2.02. The van der Waals surface area contributed by atoms with Crippen molar-refractivity contribution in [2.75, 3.05) is 5.43 Å². The minimum atomic E-state index is 0.556. The molecule has 0 bridgehead atoms.